The molecule has 26 heavy (non-hydrogen) atoms. The summed E-state index contributed by atoms with van der Waals surface area (Å²) in [6.45, 7) is 2.35. The summed E-state index contributed by atoms with van der Waals surface area (Å²) in [6, 6.07) is 11.1. The van der Waals surface area contributed by atoms with Gasteiger partial charge >= 0.3 is 0 Å². The molecule has 0 radical (unpaired) electrons. The molecule has 0 aliphatic carbocycles. The maximum Gasteiger partial charge on any atom is 0.130 e. The number of halogens is 1. The minimum atomic E-state index is -0.199. The first kappa shape index (κ1) is 17.5. The molecular formula is C20H22FN3OS. The highest BCUT2D eigenvalue weighted by Crippen LogP contribution is 2.38. The Kier molecular flexibility index (Phi) is 4.52. The van der Waals surface area contributed by atoms with Crippen LogP contribution in [0.1, 0.15) is 22.7 Å². The van der Waals surface area contributed by atoms with E-state index in [2.05, 4.69) is 28.9 Å². The summed E-state index contributed by atoms with van der Waals surface area (Å²) in [5, 5.41) is 3.58. The van der Waals surface area contributed by atoms with Gasteiger partial charge in [0.2, 0.25) is 0 Å². The third-order valence-corrected chi connectivity index (χ3v) is 5.54. The quantitative estimate of drug-likeness (QED) is 0.560. The molecule has 6 heteroatoms. The van der Waals surface area contributed by atoms with Crippen LogP contribution in [0.5, 0.6) is 0 Å². The third kappa shape index (κ3) is 3.03. The van der Waals surface area contributed by atoms with Crippen LogP contribution in [0.4, 0.5) is 10.1 Å². The molecule has 3 atom stereocenters. The smallest absolute Gasteiger partial charge is 0.130 e. The lowest BCUT2D eigenvalue weighted by atomic mass is 9.87. The zero-order valence-electron chi connectivity index (χ0n) is 14.7. The van der Waals surface area contributed by atoms with Gasteiger partial charge in [-0.1, -0.05) is 24.3 Å². The van der Waals surface area contributed by atoms with Crippen molar-refractivity contribution in [3.63, 3.8) is 0 Å². The fourth-order valence-electron chi connectivity index (χ4n) is 3.62. The molecule has 2 aromatic rings. The number of hydrogen-bond donors (Lipinski definition) is 3. The highest BCUT2D eigenvalue weighted by atomic mass is 32.1. The van der Waals surface area contributed by atoms with Crippen molar-refractivity contribution in [2.45, 2.75) is 30.1 Å². The van der Waals surface area contributed by atoms with Crippen molar-refractivity contribution in [3.05, 3.63) is 65.0 Å². The van der Waals surface area contributed by atoms with Gasteiger partial charge < -0.3 is 10.5 Å². The molecule has 4 nitrogen and oxygen atoms in total. The Hall–Kier alpha value is -1.86. The van der Waals surface area contributed by atoms with E-state index in [9.17, 15) is 4.39 Å². The number of nitrogens with zero attached hydrogens (tertiary/aromatic N) is 1. The average Bonchev–Trinajstić information content (AvgIpc) is 2.99. The zero-order chi connectivity index (χ0) is 18.4. The minimum absolute atomic E-state index is 0.0941. The SMILES string of the molecule is Cc1cc(C2NC3OCN(C)C3C=C2c2ccc(N)c(S)c2)ccc1F. The molecule has 0 amide bonds. The minimum Gasteiger partial charge on any atom is -0.398 e. The number of anilines is 1. The molecule has 4 rings (SSSR count). The Labute approximate surface area is 158 Å². The Balaban J connectivity index is 1.82. The highest BCUT2D eigenvalue weighted by molar-refractivity contribution is 7.80. The van der Waals surface area contributed by atoms with E-state index in [-0.39, 0.29) is 24.1 Å². The number of likely N-dealkylation sites (N-methyl/N-ethyl adjacent to an activating group) is 1. The Morgan fingerprint density at radius 2 is 2.08 bits per heavy atom. The van der Waals surface area contributed by atoms with Gasteiger partial charge in [-0.05, 0) is 54.4 Å². The molecule has 2 aromatic carbocycles. The third-order valence-electron chi connectivity index (χ3n) is 5.15. The molecule has 2 aliphatic rings. The second kappa shape index (κ2) is 6.70. The summed E-state index contributed by atoms with van der Waals surface area (Å²) in [4.78, 5) is 2.90. The molecule has 0 saturated carbocycles. The van der Waals surface area contributed by atoms with Crippen LogP contribution in [0.3, 0.4) is 0 Å². The van der Waals surface area contributed by atoms with E-state index >= 15 is 0 Å². The maximum absolute atomic E-state index is 13.8. The van der Waals surface area contributed by atoms with Crippen LogP contribution in [0.2, 0.25) is 0 Å². The number of ether oxygens (including phenoxy) is 1. The van der Waals surface area contributed by atoms with E-state index < -0.39 is 0 Å². The topological polar surface area (TPSA) is 50.5 Å². The van der Waals surface area contributed by atoms with Crippen LogP contribution in [-0.2, 0) is 4.74 Å². The van der Waals surface area contributed by atoms with Crippen LogP contribution < -0.4 is 11.1 Å². The normalized spacial score (nSPS) is 25.8. The van der Waals surface area contributed by atoms with E-state index in [1.807, 2.05) is 37.4 Å². The molecule has 0 bridgehead atoms. The molecule has 1 saturated heterocycles. The molecule has 0 aromatic heterocycles. The Morgan fingerprint density at radius 3 is 2.81 bits per heavy atom. The van der Waals surface area contributed by atoms with Gasteiger partial charge in [0.25, 0.3) is 0 Å². The van der Waals surface area contributed by atoms with Crippen molar-refractivity contribution in [1.29, 1.82) is 0 Å². The average molecular weight is 371 g/mol. The first-order chi connectivity index (χ1) is 12.4. The second-order valence-corrected chi connectivity index (χ2v) is 7.45. The molecule has 136 valence electrons. The predicted molar refractivity (Wildman–Crippen MR) is 104 cm³/mol. The van der Waals surface area contributed by atoms with Crippen molar-refractivity contribution >= 4 is 23.9 Å². The van der Waals surface area contributed by atoms with Gasteiger partial charge in [-0.15, -0.1) is 12.6 Å². The van der Waals surface area contributed by atoms with E-state index in [0.29, 0.717) is 18.0 Å². The number of nitrogens with one attached hydrogen (secondary N) is 1. The highest BCUT2D eigenvalue weighted by Gasteiger charge is 2.38. The number of thiol groups is 1. The number of aryl methyl sites for hydroxylation is 1. The largest absolute Gasteiger partial charge is 0.398 e. The maximum atomic E-state index is 13.8. The number of rotatable bonds is 2. The van der Waals surface area contributed by atoms with Crippen LogP contribution in [0.15, 0.2) is 47.4 Å². The fraction of sp³-hybridized carbons (Fsp3) is 0.300. The lowest BCUT2D eigenvalue weighted by molar-refractivity contribution is 0.0661. The summed E-state index contributed by atoms with van der Waals surface area (Å²) in [6.07, 6.45) is 2.14. The van der Waals surface area contributed by atoms with Gasteiger partial charge in [-0.25, -0.2) is 4.39 Å². The predicted octanol–water partition coefficient (Wildman–Crippen LogP) is 3.35. The monoisotopic (exact) mass is 371 g/mol. The number of fused-ring (bicyclic) bond motifs is 1. The number of hydrogen-bond acceptors (Lipinski definition) is 5. The first-order valence-electron chi connectivity index (χ1n) is 8.58. The van der Waals surface area contributed by atoms with E-state index in [1.54, 1.807) is 6.92 Å². The standard InChI is InChI=1S/C20H22FN3OS/c1-11-7-13(3-5-15(11)21)19-14(12-4-6-16(22)18(26)8-12)9-17-20(23-19)25-10-24(17)2/h3-9,17,19-20,23,26H,10,22H2,1-2H3. The van der Waals surface area contributed by atoms with Gasteiger partial charge in [0.15, 0.2) is 0 Å². The van der Waals surface area contributed by atoms with Crippen LogP contribution in [0.25, 0.3) is 5.57 Å². The van der Waals surface area contributed by atoms with Gasteiger partial charge in [-0.2, -0.15) is 0 Å². The van der Waals surface area contributed by atoms with E-state index in [0.717, 1.165) is 21.6 Å². The number of nitrogens with two attached hydrogens (primary N) is 1. The molecule has 3 unspecified atom stereocenters. The van der Waals surface area contributed by atoms with Gasteiger partial charge in [0.05, 0.1) is 12.1 Å². The summed E-state index contributed by atoms with van der Waals surface area (Å²) >= 11 is 4.47. The molecule has 0 spiro atoms. The number of benzene rings is 2. The lowest BCUT2D eigenvalue weighted by Gasteiger charge is -2.34. The Morgan fingerprint density at radius 1 is 1.27 bits per heavy atom. The fourth-order valence-corrected chi connectivity index (χ4v) is 3.83. The summed E-state index contributed by atoms with van der Waals surface area (Å²) < 4.78 is 19.6. The van der Waals surface area contributed by atoms with Crippen molar-refractivity contribution < 1.29 is 9.13 Å². The summed E-state index contributed by atoms with van der Waals surface area (Å²) in [5.74, 6) is -0.199. The van der Waals surface area contributed by atoms with Crippen molar-refractivity contribution in [2.24, 2.45) is 0 Å². The number of nitrogen functional groups attached to an aromatic ring is 1. The van der Waals surface area contributed by atoms with E-state index in [1.165, 1.54) is 6.07 Å². The van der Waals surface area contributed by atoms with Crippen LogP contribution in [0, 0.1) is 12.7 Å². The van der Waals surface area contributed by atoms with Crippen molar-refractivity contribution in [1.82, 2.24) is 10.2 Å². The van der Waals surface area contributed by atoms with Gasteiger partial charge in [0, 0.05) is 10.6 Å². The molecule has 2 heterocycles. The van der Waals surface area contributed by atoms with E-state index in [4.69, 9.17) is 10.5 Å². The summed E-state index contributed by atoms with van der Waals surface area (Å²) in [5.41, 5.74) is 10.4. The van der Waals surface area contributed by atoms with Crippen LogP contribution >= 0.6 is 12.6 Å². The molecule has 1 fully saturated rings. The van der Waals surface area contributed by atoms with Crippen molar-refractivity contribution in [2.75, 3.05) is 19.5 Å². The molecule has 3 N–H and O–H groups in total. The molecule has 2 aliphatic heterocycles. The zero-order valence-corrected chi connectivity index (χ0v) is 15.6. The second-order valence-electron chi connectivity index (χ2n) is 6.97. The van der Waals surface area contributed by atoms with Gasteiger partial charge in [-0.3, -0.25) is 10.2 Å². The van der Waals surface area contributed by atoms with Crippen molar-refractivity contribution in [3.8, 4) is 0 Å². The van der Waals surface area contributed by atoms with Gasteiger partial charge in [0.1, 0.15) is 18.8 Å². The summed E-state index contributed by atoms with van der Waals surface area (Å²) in [7, 11) is 2.04. The molecular weight excluding hydrogens is 349 g/mol. The van der Waals surface area contributed by atoms with Crippen LogP contribution in [-0.4, -0.2) is 30.9 Å². The first-order valence-corrected chi connectivity index (χ1v) is 9.03. The lowest BCUT2D eigenvalue weighted by Crippen LogP contribution is -2.46. The Bertz CT molecular complexity index is 885.